The van der Waals surface area contributed by atoms with E-state index < -0.39 is 0 Å². The van der Waals surface area contributed by atoms with Crippen LogP contribution in [0.25, 0.3) is 0 Å². The number of benzene rings is 1. The molecule has 1 aromatic heterocycles. The Kier molecular flexibility index (Phi) is 4.18. The van der Waals surface area contributed by atoms with Crippen molar-refractivity contribution in [1.82, 2.24) is 5.32 Å². The fraction of sp³-hybridized carbons (Fsp3) is 0.0769. The number of halogens is 2. The normalized spacial score (nSPS) is 10.1. The third-order valence-electron chi connectivity index (χ3n) is 2.41. The Morgan fingerprint density at radius 3 is 2.50 bits per heavy atom. The lowest BCUT2D eigenvalue weighted by Gasteiger charge is -2.07. The number of aromatic amines is 1. The minimum absolute atomic E-state index is 0.283. The molecular formula is C13H11Cl2N2O+. The zero-order valence-corrected chi connectivity index (χ0v) is 10.9. The van der Waals surface area contributed by atoms with E-state index in [0.717, 1.165) is 5.56 Å². The summed E-state index contributed by atoms with van der Waals surface area (Å²) in [4.78, 5) is 14.9. The molecule has 0 bridgehead atoms. The molecule has 0 spiro atoms. The Hall–Kier alpha value is -1.58. The summed E-state index contributed by atoms with van der Waals surface area (Å²) < 4.78 is 0. The highest BCUT2D eigenvalue weighted by atomic mass is 35.5. The predicted octanol–water partition coefficient (Wildman–Crippen LogP) is 2.74. The molecule has 2 rings (SSSR count). The SMILES string of the molecule is O=C(NCc1ccc[nH+]c1)c1c(Cl)cccc1Cl. The van der Waals surface area contributed by atoms with Gasteiger partial charge in [0.05, 0.1) is 15.6 Å². The van der Waals surface area contributed by atoms with Gasteiger partial charge in [-0.05, 0) is 18.2 Å². The van der Waals surface area contributed by atoms with Crippen molar-refractivity contribution in [3.05, 3.63) is 63.9 Å². The van der Waals surface area contributed by atoms with Gasteiger partial charge in [-0.2, -0.15) is 0 Å². The molecule has 3 nitrogen and oxygen atoms in total. The van der Waals surface area contributed by atoms with Crippen molar-refractivity contribution in [1.29, 1.82) is 0 Å². The summed E-state index contributed by atoms with van der Waals surface area (Å²) in [5, 5.41) is 3.46. The zero-order chi connectivity index (χ0) is 13.0. The van der Waals surface area contributed by atoms with Crippen molar-refractivity contribution in [2.24, 2.45) is 0 Å². The van der Waals surface area contributed by atoms with Gasteiger partial charge in [0.1, 0.15) is 0 Å². The molecule has 1 aromatic carbocycles. The molecule has 0 atom stereocenters. The maximum atomic E-state index is 12.0. The number of hydrogen-bond acceptors (Lipinski definition) is 1. The molecule has 0 unspecified atom stereocenters. The maximum Gasteiger partial charge on any atom is 0.254 e. The van der Waals surface area contributed by atoms with Crippen molar-refractivity contribution < 1.29 is 9.78 Å². The molecule has 92 valence electrons. The van der Waals surface area contributed by atoms with Crippen molar-refractivity contribution in [2.45, 2.75) is 6.54 Å². The minimum atomic E-state index is -0.283. The number of amides is 1. The van der Waals surface area contributed by atoms with Crippen molar-refractivity contribution in [2.75, 3.05) is 0 Å². The Morgan fingerprint density at radius 1 is 1.17 bits per heavy atom. The summed E-state index contributed by atoms with van der Waals surface area (Å²) in [6.45, 7) is 0.414. The third-order valence-corrected chi connectivity index (χ3v) is 3.04. The molecule has 2 N–H and O–H groups in total. The van der Waals surface area contributed by atoms with E-state index in [1.54, 1.807) is 24.4 Å². The van der Waals surface area contributed by atoms with Crippen LogP contribution in [-0.4, -0.2) is 5.91 Å². The Labute approximate surface area is 115 Å². The van der Waals surface area contributed by atoms with Gasteiger partial charge in [-0.3, -0.25) is 4.79 Å². The van der Waals surface area contributed by atoms with Crippen LogP contribution in [-0.2, 0) is 6.54 Å². The van der Waals surface area contributed by atoms with Crippen molar-refractivity contribution >= 4 is 29.1 Å². The monoisotopic (exact) mass is 281 g/mol. The molecule has 0 saturated heterocycles. The third kappa shape index (κ3) is 3.00. The standard InChI is InChI=1S/C13H10Cl2N2O/c14-10-4-1-5-11(15)12(10)13(18)17-8-9-3-2-6-16-7-9/h1-7H,8H2,(H,17,18)/p+1. The second-order valence-corrected chi connectivity index (χ2v) is 4.51. The highest BCUT2D eigenvalue weighted by Gasteiger charge is 2.14. The van der Waals surface area contributed by atoms with Crippen molar-refractivity contribution in [3.63, 3.8) is 0 Å². The topological polar surface area (TPSA) is 43.2 Å². The summed E-state index contributed by atoms with van der Waals surface area (Å²) in [5.74, 6) is -0.283. The number of hydrogen-bond donors (Lipinski definition) is 1. The lowest BCUT2D eigenvalue weighted by molar-refractivity contribution is -0.378. The highest BCUT2D eigenvalue weighted by Crippen LogP contribution is 2.23. The number of H-pyrrole nitrogens is 1. The quantitative estimate of drug-likeness (QED) is 0.924. The van der Waals surface area contributed by atoms with E-state index in [1.807, 2.05) is 18.3 Å². The number of carbonyl (C=O) groups is 1. The molecule has 0 aliphatic rings. The number of carbonyl (C=O) groups excluding carboxylic acids is 1. The largest absolute Gasteiger partial charge is 0.348 e. The van der Waals surface area contributed by atoms with Gasteiger partial charge in [-0.1, -0.05) is 29.3 Å². The van der Waals surface area contributed by atoms with Crippen molar-refractivity contribution in [3.8, 4) is 0 Å². The lowest BCUT2D eigenvalue weighted by Crippen LogP contribution is -2.24. The van der Waals surface area contributed by atoms with E-state index in [4.69, 9.17) is 23.2 Å². The van der Waals surface area contributed by atoms with Gasteiger partial charge >= 0.3 is 0 Å². The molecule has 0 aliphatic heterocycles. The smallest absolute Gasteiger partial charge is 0.254 e. The van der Waals surface area contributed by atoms with Crippen LogP contribution in [0.5, 0.6) is 0 Å². The van der Waals surface area contributed by atoms with E-state index in [-0.39, 0.29) is 5.91 Å². The maximum absolute atomic E-state index is 12.0. The Morgan fingerprint density at radius 2 is 1.89 bits per heavy atom. The van der Waals surface area contributed by atoms with Gasteiger partial charge in [0.2, 0.25) is 0 Å². The first kappa shape index (κ1) is 12.9. The Balaban J connectivity index is 2.09. The number of rotatable bonds is 3. The first-order chi connectivity index (χ1) is 8.68. The summed E-state index contributed by atoms with van der Waals surface area (Å²) in [7, 11) is 0. The summed E-state index contributed by atoms with van der Waals surface area (Å²) >= 11 is 11.9. The van der Waals surface area contributed by atoms with Gasteiger partial charge < -0.3 is 5.32 Å². The molecule has 1 heterocycles. The minimum Gasteiger partial charge on any atom is -0.348 e. The van der Waals surface area contributed by atoms with Crippen LogP contribution in [0.15, 0.2) is 42.7 Å². The first-order valence-electron chi connectivity index (χ1n) is 5.35. The molecule has 5 heteroatoms. The zero-order valence-electron chi connectivity index (χ0n) is 9.41. The highest BCUT2D eigenvalue weighted by molar-refractivity contribution is 6.39. The fourth-order valence-corrected chi connectivity index (χ4v) is 2.10. The van der Waals surface area contributed by atoms with Gasteiger partial charge in [0.25, 0.3) is 5.91 Å². The van der Waals surface area contributed by atoms with E-state index in [1.165, 1.54) is 0 Å². The van der Waals surface area contributed by atoms with E-state index >= 15 is 0 Å². The van der Waals surface area contributed by atoms with Gasteiger partial charge in [-0.25, -0.2) is 4.98 Å². The van der Waals surface area contributed by atoms with Crippen LogP contribution in [0.3, 0.4) is 0 Å². The van der Waals surface area contributed by atoms with Crippen LogP contribution in [0.2, 0.25) is 10.0 Å². The average molecular weight is 282 g/mol. The van der Waals surface area contributed by atoms with Gasteiger partial charge in [0, 0.05) is 18.2 Å². The summed E-state index contributed by atoms with van der Waals surface area (Å²) in [6.07, 6.45) is 3.62. The van der Waals surface area contributed by atoms with Crippen LogP contribution in [0.4, 0.5) is 0 Å². The molecule has 0 aliphatic carbocycles. The fourth-order valence-electron chi connectivity index (χ4n) is 1.53. The molecule has 0 saturated carbocycles. The average Bonchev–Trinajstić information content (AvgIpc) is 2.37. The molecule has 18 heavy (non-hydrogen) atoms. The van der Waals surface area contributed by atoms with Crippen LogP contribution in [0, 0.1) is 0 Å². The predicted molar refractivity (Wildman–Crippen MR) is 70.6 cm³/mol. The first-order valence-corrected chi connectivity index (χ1v) is 6.11. The number of aromatic nitrogens is 1. The van der Waals surface area contributed by atoms with Crippen LogP contribution in [0.1, 0.15) is 15.9 Å². The second-order valence-electron chi connectivity index (χ2n) is 3.69. The molecule has 0 radical (unpaired) electrons. The van der Waals surface area contributed by atoms with Gasteiger partial charge in [-0.15, -0.1) is 0 Å². The Bertz CT molecular complexity index is 538. The summed E-state index contributed by atoms with van der Waals surface area (Å²) in [6, 6.07) is 8.75. The van der Waals surface area contributed by atoms with Gasteiger partial charge in [0.15, 0.2) is 12.4 Å². The lowest BCUT2D eigenvalue weighted by atomic mass is 10.2. The number of pyridine rings is 1. The summed E-state index contributed by atoms with van der Waals surface area (Å²) in [5.41, 5.74) is 1.27. The molecular weight excluding hydrogens is 271 g/mol. The molecule has 0 fully saturated rings. The number of nitrogens with one attached hydrogen (secondary N) is 2. The molecule has 1 amide bonds. The van der Waals surface area contributed by atoms with E-state index in [0.29, 0.717) is 22.2 Å². The van der Waals surface area contributed by atoms with Crippen LogP contribution < -0.4 is 10.3 Å². The van der Waals surface area contributed by atoms with E-state index in [2.05, 4.69) is 10.3 Å². The van der Waals surface area contributed by atoms with E-state index in [9.17, 15) is 4.79 Å². The van der Waals surface area contributed by atoms with Crippen LogP contribution >= 0.6 is 23.2 Å². The second kappa shape index (κ2) is 5.85. The molecule has 2 aromatic rings.